The standard InChI is InChI=1S/C18H20N8/c1-21-17-14-15(26(2)9-23-14)12-7-13(24-16(12)25-17)11-5-3-4-10(6-11)8-22-18(19)20/h3-7,9H,8H2,1-2H3,(H4,19,20,22)(H2,21,24,25). The van der Waals surface area contributed by atoms with Gasteiger partial charge >= 0.3 is 0 Å². The second kappa shape index (κ2) is 6.07. The van der Waals surface area contributed by atoms with E-state index in [4.69, 9.17) is 11.1 Å². The number of fused-ring (bicyclic) bond motifs is 3. The summed E-state index contributed by atoms with van der Waals surface area (Å²) in [6.45, 7) is 0.511. The number of aromatic nitrogens is 4. The molecule has 3 aromatic heterocycles. The fourth-order valence-electron chi connectivity index (χ4n) is 3.17. The normalized spacial score (nSPS) is 11.2. The predicted molar refractivity (Wildman–Crippen MR) is 104 cm³/mol. The minimum atomic E-state index is -0.0385. The number of aryl methyl sites for hydroxylation is 1. The fourth-order valence-corrected chi connectivity index (χ4v) is 3.17. The van der Waals surface area contributed by atoms with E-state index in [1.807, 2.05) is 36.9 Å². The third-order valence-corrected chi connectivity index (χ3v) is 4.39. The van der Waals surface area contributed by atoms with Crippen LogP contribution in [0.2, 0.25) is 0 Å². The zero-order valence-corrected chi connectivity index (χ0v) is 14.6. The minimum absolute atomic E-state index is 0.0385. The van der Waals surface area contributed by atoms with Gasteiger partial charge in [-0.1, -0.05) is 18.2 Å². The molecule has 0 amide bonds. The second-order valence-corrected chi connectivity index (χ2v) is 6.18. The molecule has 0 spiro atoms. The molecule has 0 aliphatic rings. The molecule has 0 radical (unpaired) electrons. The summed E-state index contributed by atoms with van der Waals surface area (Å²) in [5.41, 5.74) is 11.1. The molecule has 1 aromatic carbocycles. The van der Waals surface area contributed by atoms with Gasteiger partial charge in [0, 0.05) is 31.7 Å². The van der Waals surface area contributed by atoms with Crippen LogP contribution in [0.15, 0.2) is 36.7 Å². The highest BCUT2D eigenvalue weighted by Gasteiger charge is 2.15. The van der Waals surface area contributed by atoms with Gasteiger partial charge in [0.1, 0.15) is 11.2 Å². The van der Waals surface area contributed by atoms with E-state index >= 15 is 0 Å². The number of H-pyrrole nitrogens is 1. The van der Waals surface area contributed by atoms with Crippen molar-refractivity contribution in [3.05, 3.63) is 42.2 Å². The van der Waals surface area contributed by atoms with E-state index in [0.717, 1.165) is 44.7 Å². The van der Waals surface area contributed by atoms with Gasteiger partial charge < -0.3 is 25.9 Å². The SMILES string of the molecule is CNc1nc2[nH]c(-c3cccc(CNC(=N)N)c3)cc2c2c1ncn2C. The van der Waals surface area contributed by atoms with Crippen molar-refractivity contribution in [2.45, 2.75) is 6.54 Å². The number of hydrogen-bond donors (Lipinski definition) is 5. The number of guanidine groups is 1. The number of rotatable bonds is 4. The van der Waals surface area contributed by atoms with Gasteiger partial charge in [0.15, 0.2) is 11.8 Å². The molecule has 0 atom stereocenters. The number of nitrogens with two attached hydrogens (primary N) is 1. The van der Waals surface area contributed by atoms with Crippen LogP contribution in [-0.4, -0.2) is 32.5 Å². The zero-order chi connectivity index (χ0) is 18.3. The summed E-state index contributed by atoms with van der Waals surface area (Å²) in [5.74, 6) is 0.712. The van der Waals surface area contributed by atoms with Crippen LogP contribution in [0.25, 0.3) is 33.3 Å². The number of anilines is 1. The predicted octanol–water partition coefficient (Wildman–Crippen LogP) is 2.14. The summed E-state index contributed by atoms with van der Waals surface area (Å²) in [5, 5.41) is 14.3. The molecular formula is C18H20N8. The van der Waals surface area contributed by atoms with Crippen LogP contribution in [0.4, 0.5) is 5.82 Å². The Balaban J connectivity index is 1.83. The lowest BCUT2D eigenvalue weighted by molar-refractivity contribution is 0.897. The Morgan fingerprint density at radius 1 is 1.35 bits per heavy atom. The average Bonchev–Trinajstić information content (AvgIpc) is 3.23. The van der Waals surface area contributed by atoms with Crippen molar-refractivity contribution >= 4 is 33.8 Å². The highest BCUT2D eigenvalue weighted by Crippen LogP contribution is 2.31. The molecule has 132 valence electrons. The number of aromatic amines is 1. The van der Waals surface area contributed by atoms with Gasteiger partial charge in [0.2, 0.25) is 0 Å². The number of hydrogen-bond acceptors (Lipinski definition) is 4. The molecule has 0 fully saturated rings. The lowest BCUT2D eigenvalue weighted by atomic mass is 10.1. The Labute approximate surface area is 150 Å². The molecule has 0 saturated carbocycles. The van der Waals surface area contributed by atoms with Gasteiger partial charge in [-0.2, -0.15) is 0 Å². The van der Waals surface area contributed by atoms with E-state index in [-0.39, 0.29) is 5.96 Å². The van der Waals surface area contributed by atoms with Crippen LogP contribution >= 0.6 is 0 Å². The second-order valence-electron chi connectivity index (χ2n) is 6.18. The van der Waals surface area contributed by atoms with Crippen molar-refractivity contribution < 1.29 is 0 Å². The van der Waals surface area contributed by atoms with Gasteiger partial charge in [0.05, 0.1) is 11.8 Å². The number of nitrogens with zero attached hydrogens (tertiary/aromatic N) is 3. The summed E-state index contributed by atoms with van der Waals surface area (Å²) in [4.78, 5) is 12.5. The topological polar surface area (TPSA) is 120 Å². The van der Waals surface area contributed by atoms with Crippen LogP contribution in [0.1, 0.15) is 5.56 Å². The molecule has 26 heavy (non-hydrogen) atoms. The first-order chi connectivity index (χ1) is 12.6. The summed E-state index contributed by atoms with van der Waals surface area (Å²) in [6.07, 6.45) is 1.80. The molecule has 0 saturated heterocycles. The molecular weight excluding hydrogens is 328 g/mol. The molecule has 0 aliphatic heterocycles. The molecule has 4 aromatic rings. The number of benzene rings is 1. The maximum absolute atomic E-state index is 7.29. The summed E-state index contributed by atoms with van der Waals surface area (Å²) in [7, 11) is 3.83. The van der Waals surface area contributed by atoms with Crippen LogP contribution in [-0.2, 0) is 13.6 Å². The smallest absolute Gasteiger partial charge is 0.185 e. The van der Waals surface area contributed by atoms with E-state index in [1.165, 1.54) is 0 Å². The van der Waals surface area contributed by atoms with Gasteiger partial charge in [-0.05, 0) is 23.3 Å². The van der Waals surface area contributed by atoms with Crippen molar-refractivity contribution in [3.8, 4) is 11.3 Å². The summed E-state index contributed by atoms with van der Waals surface area (Å²) < 4.78 is 2.00. The Morgan fingerprint density at radius 2 is 2.19 bits per heavy atom. The van der Waals surface area contributed by atoms with Crippen LogP contribution in [0.5, 0.6) is 0 Å². The van der Waals surface area contributed by atoms with Gasteiger partial charge in [-0.15, -0.1) is 0 Å². The molecule has 0 aliphatic carbocycles. The third kappa shape index (κ3) is 2.61. The average molecular weight is 348 g/mol. The lowest BCUT2D eigenvalue weighted by Crippen LogP contribution is -2.29. The van der Waals surface area contributed by atoms with Crippen LogP contribution in [0.3, 0.4) is 0 Å². The first kappa shape index (κ1) is 15.9. The van der Waals surface area contributed by atoms with Crippen LogP contribution in [0, 0.1) is 5.41 Å². The summed E-state index contributed by atoms with van der Waals surface area (Å²) >= 11 is 0. The maximum Gasteiger partial charge on any atom is 0.185 e. The monoisotopic (exact) mass is 348 g/mol. The maximum atomic E-state index is 7.29. The van der Waals surface area contributed by atoms with Gasteiger partial charge in [-0.25, -0.2) is 9.97 Å². The molecule has 8 nitrogen and oxygen atoms in total. The van der Waals surface area contributed by atoms with Crippen molar-refractivity contribution in [3.63, 3.8) is 0 Å². The molecule has 3 heterocycles. The first-order valence-corrected chi connectivity index (χ1v) is 8.25. The van der Waals surface area contributed by atoms with E-state index < -0.39 is 0 Å². The number of pyridine rings is 1. The van der Waals surface area contributed by atoms with E-state index in [1.54, 1.807) is 6.33 Å². The Morgan fingerprint density at radius 3 is 2.96 bits per heavy atom. The van der Waals surface area contributed by atoms with E-state index in [0.29, 0.717) is 6.54 Å². The van der Waals surface area contributed by atoms with Crippen molar-refractivity contribution in [2.75, 3.05) is 12.4 Å². The Hall–Kier alpha value is -3.55. The van der Waals surface area contributed by atoms with Gasteiger partial charge in [0.25, 0.3) is 0 Å². The quantitative estimate of drug-likeness (QED) is 0.286. The van der Waals surface area contributed by atoms with Crippen molar-refractivity contribution in [1.82, 2.24) is 24.8 Å². The minimum Gasteiger partial charge on any atom is -0.371 e. The number of imidazole rings is 1. The molecule has 4 rings (SSSR count). The Bertz CT molecular complexity index is 1120. The highest BCUT2D eigenvalue weighted by molar-refractivity contribution is 6.07. The van der Waals surface area contributed by atoms with Crippen molar-refractivity contribution in [2.24, 2.45) is 12.8 Å². The van der Waals surface area contributed by atoms with E-state index in [9.17, 15) is 0 Å². The van der Waals surface area contributed by atoms with Crippen molar-refractivity contribution in [1.29, 1.82) is 5.41 Å². The molecule has 8 heteroatoms. The molecule has 0 bridgehead atoms. The Kier molecular flexibility index (Phi) is 3.72. The highest BCUT2D eigenvalue weighted by atomic mass is 15.1. The van der Waals surface area contributed by atoms with Gasteiger partial charge in [-0.3, -0.25) is 5.41 Å². The van der Waals surface area contributed by atoms with Crippen LogP contribution < -0.4 is 16.4 Å². The first-order valence-electron chi connectivity index (χ1n) is 8.25. The fraction of sp³-hybridized carbons (Fsp3) is 0.167. The molecule has 0 unspecified atom stereocenters. The molecule has 6 N–H and O–H groups in total. The van der Waals surface area contributed by atoms with E-state index in [2.05, 4.69) is 37.7 Å². The number of nitrogens with one attached hydrogen (secondary N) is 4. The largest absolute Gasteiger partial charge is 0.371 e. The summed E-state index contributed by atoms with van der Waals surface area (Å²) in [6, 6.07) is 10.2. The lowest BCUT2D eigenvalue weighted by Gasteiger charge is -2.05. The zero-order valence-electron chi connectivity index (χ0n) is 14.6. The third-order valence-electron chi connectivity index (χ3n) is 4.39.